The van der Waals surface area contributed by atoms with Crippen LogP contribution < -0.4 is 0 Å². The lowest BCUT2D eigenvalue weighted by Crippen LogP contribution is -2.40. The molecule has 2 aromatic rings. The molecule has 9 nitrogen and oxygen atoms in total. The van der Waals surface area contributed by atoms with Crippen molar-refractivity contribution in [3.05, 3.63) is 59.4 Å². The van der Waals surface area contributed by atoms with E-state index in [0.29, 0.717) is 56.1 Å². The molecule has 190 valence electrons. The summed E-state index contributed by atoms with van der Waals surface area (Å²) in [5.41, 5.74) is 2.39. The van der Waals surface area contributed by atoms with Crippen LogP contribution in [0.25, 0.3) is 5.69 Å². The van der Waals surface area contributed by atoms with Crippen LogP contribution in [-0.2, 0) is 24.3 Å². The van der Waals surface area contributed by atoms with Crippen molar-refractivity contribution in [3.8, 4) is 5.69 Å². The van der Waals surface area contributed by atoms with E-state index in [0.717, 1.165) is 10.6 Å². The van der Waals surface area contributed by atoms with Crippen LogP contribution in [0, 0.1) is 25.7 Å². The maximum absolute atomic E-state index is 13.3. The number of carbonyl (C=O) groups is 3. The number of imide groups is 1. The molecule has 2 saturated heterocycles. The number of morpholine rings is 1. The summed E-state index contributed by atoms with van der Waals surface area (Å²) in [5.74, 6) is -1.63. The van der Waals surface area contributed by atoms with Crippen molar-refractivity contribution in [3.63, 3.8) is 0 Å². The topological polar surface area (TPSA) is 106 Å². The standard InChI is InChI=1S/C26H29N3O6S/c1-17-14-23(24(30)16-28-25(31)21-8-3-4-9-22(21)26(28)32)18(2)29(17)19-6-5-7-20(15-19)36(33,34)27-10-12-35-13-11-27/h3-7,14-15,21-22H,8-13,16H2,1-2H3. The Kier molecular flexibility index (Phi) is 6.44. The van der Waals surface area contributed by atoms with Crippen molar-refractivity contribution in [1.29, 1.82) is 0 Å². The molecule has 2 atom stereocenters. The molecule has 0 saturated carbocycles. The van der Waals surface area contributed by atoms with Gasteiger partial charge in [-0.3, -0.25) is 19.3 Å². The van der Waals surface area contributed by atoms with E-state index in [1.54, 1.807) is 37.3 Å². The number of hydrogen-bond donors (Lipinski definition) is 0. The van der Waals surface area contributed by atoms with Gasteiger partial charge in [0.05, 0.1) is 36.5 Å². The minimum Gasteiger partial charge on any atom is -0.379 e. The number of allylic oxidation sites excluding steroid dienone is 2. The normalized spacial score (nSPS) is 22.8. The Hall–Kier alpha value is -3.08. The minimum atomic E-state index is -3.68. The van der Waals surface area contributed by atoms with Gasteiger partial charge in [-0.2, -0.15) is 4.31 Å². The molecule has 2 aliphatic heterocycles. The molecule has 2 amide bonds. The van der Waals surface area contributed by atoms with Gasteiger partial charge in [0.25, 0.3) is 0 Å². The average molecular weight is 512 g/mol. The Morgan fingerprint density at radius 1 is 1.00 bits per heavy atom. The fourth-order valence-corrected chi connectivity index (χ4v) is 6.86. The number of aryl methyl sites for hydroxylation is 1. The SMILES string of the molecule is Cc1cc(C(=O)CN2C(=O)C3CC=CCC3C2=O)c(C)n1-c1cccc(S(=O)(=O)N2CCOCC2)c1. The highest BCUT2D eigenvalue weighted by molar-refractivity contribution is 7.89. The van der Waals surface area contributed by atoms with Crippen molar-refractivity contribution in [2.45, 2.75) is 31.6 Å². The zero-order valence-corrected chi connectivity index (χ0v) is 21.2. The molecule has 1 aliphatic carbocycles. The second-order valence-electron chi connectivity index (χ2n) is 9.48. The quantitative estimate of drug-likeness (QED) is 0.335. The Balaban J connectivity index is 1.41. The maximum Gasteiger partial charge on any atom is 0.243 e. The van der Waals surface area contributed by atoms with Gasteiger partial charge in [0.2, 0.25) is 21.8 Å². The molecular weight excluding hydrogens is 482 g/mol. The molecular formula is C26H29N3O6S. The largest absolute Gasteiger partial charge is 0.379 e. The number of ether oxygens (including phenoxy) is 1. The fourth-order valence-electron chi connectivity index (χ4n) is 5.42. The van der Waals surface area contributed by atoms with Crippen molar-refractivity contribution in [2.24, 2.45) is 11.8 Å². The van der Waals surface area contributed by atoms with Gasteiger partial charge in [-0.25, -0.2) is 8.42 Å². The molecule has 0 spiro atoms. The van der Waals surface area contributed by atoms with E-state index < -0.39 is 10.0 Å². The van der Waals surface area contributed by atoms with E-state index >= 15 is 0 Å². The number of nitrogens with zero attached hydrogens (tertiary/aromatic N) is 3. The average Bonchev–Trinajstić information content (AvgIpc) is 3.32. The second kappa shape index (κ2) is 9.42. The number of aromatic nitrogens is 1. The molecule has 10 heteroatoms. The van der Waals surface area contributed by atoms with E-state index in [1.807, 2.05) is 23.6 Å². The Bertz CT molecular complexity index is 1340. The third-order valence-corrected chi connectivity index (χ3v) is 9.21. The number of benzene rings is 1. The van der Waals surface area contributed by atoms with Gasteiger partial charge in [-0.1, -0.05) is 18.2 Å². The summed E-state index contributed by atoms with van der Waals surface area (Å²) in [6.07, 6.45) is 4.88. The summed E-state index contributed by atoms with van der Waals surface area (Å²) >= 11 is 0. The number of sulfonamides is 1. The number of Topliss-reactive ketones (excluding diaryl/α,β-unsaturated/α-hetero) is 1. The molecule has 3 heterocycles. The van der Waals surface area contributed by atoms with E-state index in [2.05, 4.69) is 0 Å². The lowest BCUT2D eigenvalue weighted by atomic mass is 9.85. The van der Waals surface area contributed by atoms with Crippen LogP contribution in [0.2, 0.25) is 0 Å². The first-order valence-corrected chi connectivity index (χ1v) is 13.5. The van der Waals surface area contributed by atoms with E-state index in [1.165, 1.54) is 4.31 Å². The third kappa shape index (κ3) is 4.12. The van der Waals surface area contributed by atoms with Crippen molar-refractivity contribution < 1.29 is 27.5 Å². The van der Waals surface area contributed by atoms with Crippen molar-refractivity contribution >= 4 is 27.6 Å². The Labute approximate surface area is 210 Å². The highest BCUT2D eigenvalue weighted by atomic mass is 32.2. The van der Waals surface area contributed by atoms with Gasteiger partial charge in [-0.15, -0.1) is 0 Å². The molecule has 2 fully saturated rings. The molecule has 0 radical (unpaired) electrons. The molecule has 3 aliphatic rings. The fraction of sp³-hybridized carbons (Fsp3) is 0.423. The van der Waals surface area contributed by atoms with Crippen LogP contribution in [-0.4, -0.2) is 72.6 Å². The monoisotopic (exact) mass is 511 g/mol. The molecule has 0 N–H and O–H groups in total. The molecule has 1 aromatic heterocycles. The highest BCUT2D eigenvalue weighted by Gasteiger charge is 2.47. The van der Waals surface area contributed by atoms with E-state index in [9.17, 15) is 22.8 Å². The Morgan fingerprint density at radius 3 is 2.28 bits per heavy atom. The van der Waals surface area contributed by atoms with Crippen LogP contribution >= 0.6 is 0 Å². The molecule has 2 unspecified atom stereocenters. The number of carbonyl (C=O) groups excluding carboxylic acids is 3. The number of likely N-dealkylation sites (tertiary alicyclic amines) is 1. The lowest BCUT2D eigenvalue weighted by Gasteiger charge is -2.26. The maximum atomic E-state index is 13.3. The first-order valence-electron chi connectivity index (χ1n) is 12.1. The van der Waals surface area contributed by atoms with Crippen LogP contribution in [0.4, 0.5) is 0 Å². The Morgan fingerprint density at radius 2 is 1.64 bits per heavy atom. The molecule has 0 bridgehead atoms. The molecule has 36 heavy (non-hydrogen) atoms. The highest BCUT2D eigenvalue weighted by Crippen LogP contribution is 2.35. The predicted octanol–water partition coefficient (Wildman–Crippen LogP) is 2.25. The van der Waals surface area contributed by atoms with Gasteiger partial charge >= 0.3 is 0 Å². The predicted molar refractivity (Wildman–Crippen MR) is 131 cm³/mol. The van der Waals surface area contributed by atoms with E-state index in [-0.39, 0.29) is 40.9 Å². The van der Waals surface area contributed by atoms with Gasteiger partial charge in [0.15, 0.2) is 5.78 Å². The number of fused-ring (bicyclic) bond motifs is 1. The zero-order valence-electron chi connectivity index (χ0n) is 20.3. The number of rotatable bonds is 6. The van der Waals surface area contributed by atoms with Gasteiger partial charge in [-0.05, 0) is 51.0 Å². The van der Waals surface area contributed by atoms with Crippen molar-refractivity contribution in [1.82, 2.24) is 13.8 Å². The van der Waals surface area contributed by atoms with Crippen LogP contribution in [0.5, 0.6) is 0 Å². The summed E-state index contributed by atoms with van der Waals surface area (Å²) in [6.45, 7) is 4.65. The first kappa shape index (κ1) is 24.6. The number of ketones is 1. The lowest BCUT2D eigenvalue weighted by molar-refractivity contribution is -0.139. The number of hydrogen-bond acceptors (Lipinski definition) is 6. The molecule has 1 aromatic carbocycles. The van der Waals surface area contributed by atoms with Crippen molar-refractivity contribution in [2.75, 3.05) is 32.8 Å². The first-order chi connectivity index (χ1) is 17.2. The number of amides is 2. The van der Waals surface area contributed by atoms with Gasteiger partial charge in [0.1, 0.15) is 0 Å². The van der Waals surface area contributed by atoms with Gasteiger partial charge in [0, 0.05) is 35.7 Å². The second-order valence-corrected chi connectivity index (χ2v) is 11.4. The van der Waals surface area contributed by atoms with E-state index in [4.69, 9.17) is 4.74 Å². The van der Waals surface area contributed by atoms with Crippen LogP contribution in [0.1, 0.15) is 34.6 Å². The minimum absolute atomic E-state index is 0.173. The van der Waals surface area contributed by atoms with Crippen LogP contribution in [0.15, 0.2) is 47.4 Å². The van der Waals surface area contributed by atoms with Crippen LogP contribution in [0.3, 0.4) is 0 Å². The summed E-state index contributed by atoms with van der Waals surface area (Å²) in [7, 11) is -3.68. The van der Waals surface area contributed by atoms with Gasteiger partial charge < -0.3 is 9.30 Å². The molecule has 5 rings (SSSR count). The smallest absolute Gasteiger partial charge is 0.243 e. The summed E-state index contributed by atoms with van der Waals surface area (Å²) < 4.78 is 34.8. The summed E-state index contributed by atoms with van der Waals surface area (Å²) in [4.78, 5) is 40.1. The summed E-state index contributed by atoms with van der Waals surface area (Å²) in [6, 6.07) is 8.36. The summed E-state index contributed by atoms with van der Waals surface area (Å²) in [5, 5.41) is 0. The third-order valence-electron chi connectivity index (χ3n) is 7.32. The zero-order chi connectivity index (χ0) is 25.6.